The summed E-state index contributed by atoms with van der Waals surface area (Å²) in [5.41, 5.74) is -0.803. The van der Waals surface area contributed by atoms with E-state index in [1.165, 1.54) is 0 Å². The Balaban J connectivity index is 0. The van der Waals surface area contributed by atoms with Crippen LogP contribution in [0.4, 0.5) is 13.2 Å². The normalized spacial score (nSPS) is 12.7. The number of aliphatic imine (C=N–C) groups is 1. The molecule has 24 heavy (non-hydrogen) atoms. The minimum Gasteiger partial charge on any atom is -0.388 e. The van der Waals surface area contributed by atoms with Gasteiger partial charge in [-0.2, -0.15) is 13.2 Å². The standard InChI is InChI=1S/C16H32F3N3O.HI/c1-4-9-15(23,10-5-2)13-22-14(20-6-3)21-12-8-7-11-16(17,18)19;/h23H,4-13H2,1-3H3,(H2,20,21,22);1H. The van der Waals surface area contributed by atoms with Crippen LogP contribution in [-0.2, 0) is 0 Å². The number of aliphatic hydroxyl groups is 1. The number of rotatable bonds is 11. The predicted octanol–water partition coefficient (Wildman–Crippen LogP) is 4.22. The SMILES string of the molecule is CCCC(O)(CCC)CN=C(NCC)NCCCCC(F)(F)F.I. The fourth-order valence-corrected chi connectivity index (χ4v) is 2.44. The van der Waals surface area contributed by atoms with Gasteiger partial charge in [0.1, 0.15) is 0 Å². The molecule has 0 saturated heterocycles. The fourth-order valence-electron chi connectivity index (χ4n) is 2.44. The molecule has 0 amide bonds. The molecular weight excluding hydrogens is 434 g/mol. The van der Waals surface area contributed by atoms with Gasteiger partial charge in [-0.15, -0.1) is 24.0 Å². The molecule has 0 aromatic heterocycles. The minimum absolute atomic E-state index is 0. The summed E-state index contributed by atoms with van der Waals surface area (Å²) in [7, 11) is 0. The molecule has 4 nitrogen and oxygen atoms in total. The van der Waals surface area contributed by atoms with Crippen LogP contribution < -0.4 is 10.6 Å². The second-order valence-corrected chi connectivity index (χ2v) is 5.92. The summed E-state index contributed by atoms with van der Waals surface area (Å²) in [6.45, 7) is 7.36. The van der Waals surface area contributed by atoms with E-state index >= 15 is 0 Å². The highest BCUT2D eigenvalue weighted by molar-refractivity contribution is 14.0. The van der Waals surface area contributed by atoms with Gasteiger partial charge in [0.15, 0.2) is 5.96 Å². The number of alkyl halides is 3. The van der Waals surface area contributed by atoms with E-state index in [0.29, 0.717) is 44.9 Å². The Bertz CT molecular complexity index is 333. The maximum Gasteiger partial charge on any atom is 0.389 e. The predicted molar refractivity (Wildman–Crippen MR) is 104 cm³/mol. The van der Waals surface area contributed by atoms with Crippen molar-refractivity contribution in [3.8, 4) is 0 Å². The number of hydrogen-bond acceptors (Lipinski definition) is 2. The largest absolute Gasteiger partial charge is 0.389 e. The van der Waals surface area contributed by atoms with Crippen LogP contribution in [0.25, 0.3) is 0 Å². The lowest BCUT2D eigenvalue weighted by Crippen LogP contribution is -2.40. The van der Waals surface area contributed by atoms with E-state index in [1.54, 1.807) is 0 Å². The van der Waals surface area contributed by atoms with Crippen molar-refractivity contribution in [2.24, 2.45) is 4.99 Å². The van der Waals surface area contributed by atoms with Crippen LogP contribution in [0.15, 0.2) is 4.99 Å². The Kier molecular flexibility index (Phi) is 15.1. The number of halogens is 4. The van der Waals surface area contributed by atoms with Gasteiger partial charge in [0.25, 0.3) is 0 Å². The third-order valence-corrected chi connectivity index (χ3v) is 3.49. The van der Waals surface area contributed by atoms with E-state index in [2.05, 4.69) is 15.6 Å². The van der Waals surface area contributed by atoms with Crippen molar-refractivity contribution in [3.05, 3.63) is 0 Å². The van der Waals surface area contributed by atoms with E-state index in [1.807, 2.05) is 20.8 Å². The summed E-state index contributed by atoms with van der Waals surface area (Å²) >= 11 is 0. The third-order valence-electron chi connectivity index (χ3n) is 3.49. The van der Waals surface area contributed by atoms with Crippen molar-refractivity contribution in [1.82, 2.24) is 10.6 Å². The number of unbranched alkanes of at least 4 members (excludes halogenated alkanes) is 1. The molecule has 0 rings (SSSR count). The number of hydrogen-bond donors (Lipinski definition) is 3. The van der Waals surface area contributed by atoms with Gasteiger partial charge in [-0.3, -0.25) is 4.99 Å². The Labute approximate surface area is 161 Å². The van der Waals surface area contributed by atoms with Gasteiger partial charge in [0.2, 0.25) is 0 Å². The summed E-state index contributed by atoms with van der Waals surface area (Å²) in [5.74, 6) is 0.546. The molecule has 0 spiro atoms. The average molecular weight is 467 g/mol. The molecule has 0 radical (unpaired) electrons. The maximum atomic E-state index is 12.1. The molecule has 8 heteroatoms. The van der Waals surface area contributed by atoms with Gasteiger partial charge in [0, 0.05) is 19.5 Å². The first-order chi connectivity index (χ1) is 10.8. The first kappa shape index (κ1) is 26.0. The summed E-state index contributed by atoms with van der Waals surface area (Å²) in [5, 5.41) is 16.6. The van der Waals surface area contributed by atoms with Crippen LogP contribution in [0.2, 0.25) is 0 Å². The third kappa shape index (κ3) is 14.1. The highest BCUT2D eigenvalue weighted by Crippen LogP contribution is 2.22. The van der Waals surface area contributed by atoms with E-state index in [-0.39, 0.29) is 30.4 Å². The van der Waals surface area contributed by atoms with Crippen LogP contribution in [0.5, 0.6) is 0 Å². The number of guanidine groups is 1. The van der Waals surface area contributed by atoms with Crippen LogP contribution >= 0.6 is 24.0 Å². The topological polar surface area (TPSA) is 56.7 Å². The molecule has 0 atom stereocenters. The molecule has 0 fully saturated rings. The zero-order valence-corrected chi connectivity index (χ0v) is 17.3. The van der Waals surface area contributed by atoms with Gasteiger partial charge in [-0.05, 0) is 32.6 Å². The zero-order chi connectivity index (χ0) is 17.8. The molecule has 0 aliphatic rings. The smallest absolute Gasteiger partial charge is 0.388 e. The van der Waals surface area contributed by atoms with E-state index in [4.69, 9.17) is 0 Å². The van der Waals surface area contributed by atoms with E-state index < -0.39 is 18.2 Å². The summed E-state index contributed by atoms with van der Waals surface area (Å²) in [4.78, 5) is 4.39. The van der Waals surface area contributed by atoms with Crippen molar-refractivity contribution < 1.29 is 18.3 Å². The number of nitrogens with one attached hydrogen (secondary N) is 2. The van der Waals surface area contributed by atoms with Gasteiger partial charge in [0.05, 0.1) is 12.1 Å². The lowest BCUT2D eigenvalue weighted by Gasteiger charge is -2.26. The zero-order valence-electron chi connectivity index (χ0n) is 15.0. The lowest BCUT2D eigenvalue weighted by molar-refractivity contribution is -0.135. The first-order valence-corrected chi connectivity index (χ1v) is 8.57. The number of nitrogens with zero attached hydrogens (tertiary/aromatic N) is 1. The van der Waals surface area contributed by atoms with Gasteiger partial charge in [-0.1, -0.05) is 26.7 Å². The Morgan fingerprint density at radius 1 is 0.958 bits per heavy atom. The lowest BCUT2D eigenvalue weighted by atomic mass is 9.93. The quantitative estimate of drug-likeness (QED) is 0.185. The van der Waals surface area contributed by atoms with Crippen LogP contribution in [-0.4, -0.2) is 42.5 Å². The maximum absolute atomic E-state index is 12.1. The highest BCUT2D eigenvalue weighted by Gasteiger charge is 2.26. The van der Waals surface area contributed by atoms with Crippen molar-refractivity contribution in [2.75, 3.05) is 19.6 Å². The molecule has 0 aliphatic heterocycles. The summed E-state index contributed by atoms with van der Waals surface area (Å²) < 4.78 is 36.2. The van der Waals surface area contributed by atoms with Crippen molar-refractivity contribution in [1.29, 1.82) is 0 Å². The second-order valence-electron chi connectivity index (χ2n) is 5.92. The van der Waals surface area contributed by atoms with Crippen LogP contribution in [0.1, 0.15) is 65.7 Å². The summed E-state index contributed by atoms with van der Waals surface area (Å²) in [6, 6.07) is 0. The molecule has 0 unspecified atom stereocenters. The molecule has 0 aromatic carbocycles. The second kappa shape index (κ2) is 14.0. The monoisotopic (exact) mass is 467 g/mol. The minimum atomic E-state index is -4.09. The Morgan fingerprint density at radius 2 is 1.54 bits per heavy atom. The van der Waals surface area contributed by atoms with Crippen molar-refractivity contribution >= 4 is 29.9 Å². The van der Waals surface area contributed by atoms with Gasteiger partial charge in [-0.25, -0.2) is 0 Å². The van der Waals surface area contributed by atoms with E-state index in [0.717, 1.165) is 12.8 Å². The molecule has 0 aromatic rings. The molecule has 0 saturated carbocycles. The van der Waals surface area contributed by atoms with Crippen LogP contribution in [0.3, 0.4) is 0 Å². The molecule has 146 valence electrons. The average Bonchev–Trinajstić information content (AvgIpc) is 2.43. The van der Waals surface area contributed by atoms with E-state index in [9.17, 15) is 18.3 Å². The molecule has 0 heterocycles. The molecular formula is C16H33F3IN3O. The molecule has 0 bridgehead atoms. The fraction of sp³-hybridized carbons (Fsp3) is 0.938. The molecule has 3 N–H and O–H groups in total. The van der Waals surface area contributed by atoms with Crippen molar-refractivity contribution in [3.63, 3.8) is 0 Å². The first-order valence-electron chi connectivity index (χ1n) is 8.57. The van der Waals surface area contributed by atoms with Crippen LogP contribution in [0, 0.1) is 0 Å². The Hall–Kier alpha value is -0.250. The van der Waals surface area contributed by atoms with Crippen molar-refractivity contribution in [2.45, 2.75) is 77.5 Å². The van der Waals surface area contributed by atoms with Gasteiger partial charge >= 0.3 is 6.18 Å². The Morgan fingerprint density at radius 3 is 2.00 bits per heavy atom. The summed E-state index contributed by atoms with van der Waals surface area (Å²) in [6.07, 6.45) is -1.17. The van der Waals surface area contributed by atoms with Gasteiger partial charge < -0.3 is 15.7 Å². The molecule has 0 aliphatic carbocycles. The highest BCUT2D eigenvalue weighted by atomic mass is 127.